The SMILES string of the molecule is COCCCn1c(SCC(=O)Nc2ccnn2C2CCCC2)nnc1-c1ccccc1Cl. The molecule has 1 fully saturated rings. The third-order valence-corrected chi connectivity index (χ3v) is 6.80. The normalized spacial score (nSPS) is 14.2. The minimum Gasteiger partial charge on any atom is -0.385 e. The number of nitrogens with zero attached hydrogens (tertiary/aromatic N) is 5. The number of aromatic nitrogens is 5. The van der Waals surface area contributed by atoms with Gasteiger partial charge >= 0.3 is 0 Å². The van der Waals surface area contributed by atoms with Crippen LogP contribution in [0.2, 0.25) is 5.02 Å². The topological polar surface area (TPSA) is 86.9 Å². The van der Waals surface area contributed by atoms with Gasteiger partial charge in [0.05, 0.1) is 23.0 Å². The van der Waals surface area contributed by atoms with Crippen molar-refractivity contribution in [2.24, 2.45) is 0 Å². The molecule has 1 amide bonds. The summed E-state index contributed by atoms with van der Waals surface area (Å²) in [5, 5.41) is 17.4. The molecule has 0 spiro atoms. The molecule has 0 radical (unpaired) electrons. The Hall–Kier alpha value is -2.36. The summed E-state index contributed by atoms with van der Waals surface area (Å²) in [5.74, 6) is 1.57. The molecule has 1 aliphatic carbocycles. The van der Waals surface area contributed by atoms with E-state index < -0.39 is 0 Å². The maximum absolute atomic E-state index is 12.7. The summed E-state index contributed by atoms with van der Waals surface area (Å²) < 4.78 is 9.14. The fourth-order valence-electron chi connectivity index (χ4n) is 3.97. The molecule has 8 nitrogen and oxygen atoms in total. The standard InChI is InChI=1S/C22H27ClN6O2S/c1-31-14-6-13-28-21(17-9-4-5-10-18(17)23)26-27-22(28)32-15-20(30)25-19-11-12-24-29(19)16-7-2-3-8-16/h4-5,9-12,16H,2-3,6-8,13-15H2,1H3,(H,25,30). The second-order valence-corrected chi connectivity index (χ2v) is 9.07. The quantitative estimate of drug-likeness (QED) is 0.339. The zero-order chi connectivity index (χ0) is 22.3. The summed E-state index contributed by atoms with van der Waals surface area (Å²) in [6.07, 6.45) is 7.17. The van der Waals surface area contributed by atoms with E-state index in [1.54, 1.807) is 13.3 Å². The predicted molar refractivity (Wildman–Crippen MR) is 126 cm³/mol. The molecular formula is C22H27ClN6O2S. The first-order chi connectivity index (χ1) is 15.7. The average molecular weight is 475 g/mol. The maximum atomic E-state index is 12.7. The van der Waals surface area contributed by atoms with Crippen molar-refractivity contribution in [3.05, 3.63) is 41.6 Å². The highest BCUT2D eigenvalue weighted by Gasteiger charge is 2.21. The fraction of sp³-hybridized carbons (Fsp3) is 0.455. The van der Waals surface area contributed by atoms with Crippen LogP contribution in [0, 0.1) is 0 Å². The number of hydrogen-bond acceptors (Lipinski definition) is 6. The number of halogens is 1. The van der Waals surface area contributed by atoms with E-state index >= 15 is 0 Å². The molecule has 32 heavy (non-hydrogen) atoms. The van der Waals surface area contributed by atoms with E-state index in [1.165, 1.54) is 24.6 Å². The number of ether oxygens (including phenoxy) is 1. The van der Waals surface area contributed by atoms with Crippen LogP contribution < -0.4 is 5.32 Å². The van der Waals surface area contributed by atoms with Gasteiger partial charge in [-0.25, -0.2) is 4.68 Å². The highest BCUT2D eigenvalue weighted by Crippen LogP contribution is 2.32. The lowest BCUT2D eigenvalue weighted by molar-refractivity contribution is -0.113. The first kappa shape index (κ1) is 22.8. The fourth-order valence-corrected chi connectivity index (χ4v) is 4.95. The van der Waals surface area contributed by atoms with E-state index in [2.05, 4.69) is 20.6 Å². The molecule has 1 aromatic carbocycles. The minimum absolute atomic E-state index is 0.0968. The first-order valence-corrected chi connectivity index (χ1v) is 12.2. The van der Waals surface area contributed by atoms with Gasteiger partial charge in [0.2, 0.25) is 5.91 Å². The second kappa shape index (κ2) is 11.0. The van der Waals surface area contributed by atoms with Gasteiger partial charge in [0.25, 0.3) is 0 Å². The highest BCUT2D eigenvalue weighted by atomic mass is 35.5. The first-order valence-electron chi connectivity index (χ1n) is 10.8. The number of benzene rings is 1. The molecule has 2 aromatic heterocycles. The van der Waals surface area contributed by atoms with Gasteiger partial charge in [-0.15, -0.1) is 10.2 Å². The van der Waals surface area contributed by atoms with E-state index in [0.717, 1.165) is 30.6 Å². The van der Waals surface area contributed by atoms with Gasteiger partial charge in [0, 0.05) is 31.9 Å². The largest absolute Gasteiger partial charge is 0.385 e. The van der Waals surface area contributed by atoms with Crippen molar-refractivity contribution < 1.29 is 9.53 Å². The van der Waals surface area contributed by atoms with Crippen LogP contribution in [0.25, 0.3) is 11.4 Å². The zero-order valence-electron chi connectivity index (χ0n) is 18.0. The lowest BCUT2D eigenvalue weighted by atomic mass is 10.2. The molecule has 0 aliphatic heterocycles. The monoisotopic (exact) mass is 474 g/mol. The van der Waals surface area contributed by atoms with E-state index in [9.17, 15) is 4.79 Å². The zero-order valence-corrected chi connectivity index (χ0v) is 19.6. The third kappa shape index (κ3) is 5.33. The molecule has 0 bridgehead atoms. The Kier molecular flexibility index (Phi) is 7.83. The predicted octanol–water partition coefficient (Wildman–Crippen LogP) is 4.68. The Morgan fingerprint density at radius 3 is 2.84 bits per heavy atom. The van der Waals surface area contributed by atoms with Gasteiger partial charge in [-0.3, -0.25) is 4.79 Å². The van der Waals surface area contributed by atoms with Crippen LogP contribution >= 0.6 is 23.4 Å². The molecule has 1 N–H and O–H groups in total. The molecular weight excluding hydrogens is 448 g/mol. The summed E-state index contributed by atoms with van der Waals surface area (Å²) in [4.78, 5) is 12.7. The average Bonchev–Trinajstić information content (AvgIpc) is 3.54. The lowest BCUT2D eigenvalue weighted by Gasteiger charge is -2.14. The van der Waals surface area contributed by atoms with Crippen LogP contribution in [0.5, 0.6) is 0 Å². The van der Waals surface area contributed by atoms with Crippen molar-refractivity contribution in [1.82, 2.24) is 24.5 Å². The number of thioether (sulfide) groups is 1. The van der Waals surface area contributed by atoms with Crippen LogP contribution in [-0.2, 0) is 16.1 Å². The van der Waals surface area contributed by atoms with Gasteiger partial charge in [-0.2, -0.15) is 5.10 Å². The summed E-state index contributed by atoms with van der Waals surface area (Å²) in [5.41, 5.74) is 0.816. The van der Waals surface area contributed by atoms with Gasteiger partial charge in [0.1, 0.15) is 5.82 Å². The summed E-state index contributed by atoms with van der Waals surface area (Å²) in [7, 11) is 1.68. The van der Waals surface area contributed by atoms with Crippen molar-refractivity contribution in [3.8, 4) is 11.4 Å². The minimum atomic E-state index is -0.0968. The van der Waals surface area contributed by atoms with Gasteiger partial charge in [-0.1, -0.05) is 48.3 Å². The van der Waals surface area contributed by atoms with Crippen LogP contribution in [0.4, 0.5) is 5.82 Å². The Bertz CT molecular complexity index is 1050. The highest BCUT2D eigenvalue weighted by molar-refractivity contribution is 7.99. The van der Waals surface area contributed by atoms with E-state index in [-0.39, 0.29) is 11.7 Å². The van der Waals surface area contributed by atoms with Crippen LogP contribution in [0.15, 0.2) is 41.7 Å². The van der Waals surface area contributed by atoms with Crippen molar-refractivity contribution in [1.29, 1.82) is 0 Å². The molecule has 10 heteroatoms. The molecule has 4 rings (SSSR count). The van der Waals surface area contributed by atoms with Crippen molar-refractivity contribution in [2.75, 3.05) is 24.8 Å². The van der Waals surface area contributed by atoms with Crippen LogP contribution in [0.1, 0.15) is 38.1 Å². The van der Waals surface area contributed by atoms with E-state index in [1.807, 2.05) is 39.6 Å². The third-order valence-electron chi connectivity index (χ3n) is 5.50. The Morgan fingerprint density at radius 2 is 2.06 bits per heavy atom. The van der Waals surface area contributed by atoms with Gasteiger partial charge < -0.3 is 14.6 Å². The molecule has 2 heterocycles. The number of methoxy groups -OCH3 is 1. The van der Waals surface area contributed by atoms with Gasteiger partial charge in [0.15, 0.2) is 11.0 Å². The number of nitrogens with one attached hydrogen (secondary N) is 1. The van der Waals surface area contributed by atoms with Crippen LogP contribution in [0.3, 0.4) is 0 Å². The molecule has 0 saturated heterocycles. The van der Waals surface area contributed by atoms with Crippen molar-refractivity contribution in [3.63, 3.8) is 0 Å². The molecule has 170 valence electrons. The van der Waals surface area contributed by atoms with E-state index in [0.29, 0.717) is 35.2 Å². The smallest absolute Gasteiger partial charge is 0.235 e. The number of hydrogen-bond donors (Lipinski definition) is 1. The van der Waals surface area contributed by atoms with Crippen molar-refractivity contribution in [2.45, 2.75) is 49.8 Å². The number of carbonyl (C=O) groups is 1. The Labute approximate surface area is 196 Å². The van der Waals surface area contributed by atoms with Crippen molar-refractivity contribution >= 4 is 35.1 Å². The molecule has 0 atom stereocenters. The second-order valence-electron chi connectivity index (χ2n) is 7.72. The van der Waals surface area contributed by atoms with E-state index in [4.69, 9.17) is 16.3 Å². The number of carbonyl (C=O) groups excluding carboxylic acids is 1. The maximum Gasteiger partial charge on any atom is 0.235 e. The van der Waals surface area contributed by atoms with Gasteiger partial charge in [-0.05, 0) is 31.4 Å². The molecule has 3 aromatic rings. The molecule has 1 saturated carbocycles. The molecule has 0 unspecified atom stereocenters. The van der Waals surface area contributed by atoms with Crippen LogP contribution in [-0.4, -0.2) is 49.9 Å². The summed E-state index contributed by atoms with van der Waals surface area (Å²) in [6, 6.07) is 9.78. The number of amides is 1. The summed E-state index contributed by atoms with van der Waals surface area (Å²) in [6.45, 7) is 1.29. The lowest BCUT2D eigenvalue weighted by Crippen LogP contribution is -2.19. The Morgan fingerprint density at radius 1 is 1.25 bits per heavy atom. The molecule has 1 aliphatic rings. The number of anilines is 1. The number of rotatable bonds is 10. The summed E-state index contributed by atoms with van der Waals surface area (Å²) >= 11 is 7.75. The Balaban J connectivity index is 1.45.